The molecule has 2 aliphatic rings. The highest BCUT2D eigenvalue weighted by Gasteiger charge is 2.42. The van der Waals surface area contributed by atoms with Crippen LogP contribution >= 0.6 is 11.8 Å². The van der Waals surface area contributed by atoms with E-state index in [0.717, 1.165) is 11.1 Å². The number of amides is 1. The van der Waals surface area contributed by atoms with Gasteiger partial charge in [-0.15, -0.1) is 0 Å². The third-order valence-corrected chi connectivity index (χ3v) is 6.02. The lowest BCUT2D eigenvalue weighted by Crippen LogP contribution is -2.40. The molecule has 0 saturated carbocycles. The number of hydrogen-bond acceptors (Lipinski definition) is 5. The van der Waals surface area contributed by atoms with Gasteiger partial charge < -0.3 is 0 Å². The normalized spacial score (nSPS) is 17.0. The van der Waals surface area contributed by atoms with E-state index in [2.05, 4.69) is 4.99 Å². The van der Waals surface area contributed by atoms with Gasteiger partial charge in [-0.1, -0.05) is 54.2 Å². The maximum Gasteiger partial charge on any atom is 0.263 e. The van der Waals surface area contributed by atoms with E-state index in [4.69, 9.17) is 4.99 Å². The van der Waals surface area contributed by atoms with Gasteiger partial charge in [0.25, 0.3) is 5.91 Å². The molecule has 0 aliphatic carbocycles. The summed E-state index contributed by atoms with van der Waals surface area (Å²) in [4.78, 5) is 36.7. The van der Waals surface area contributed by atoms with E-state index in [-0.39, 0.29) is 17.4 Å². The molecule has 0 saturated heterocycles. The first kappa shape index (κ1) is 19.4. The molecule has 5 nitrogen and oxygen atoms in total. The Balaban J connectivity index is 1.46. The van der Waals surface area contributed by atoms with Crippen molar-refractivity contribution < 1.29 is 14.0 Å². The minimum Gasteiger partial charge on any atom is -0.293 e. The monoisotopic (exact) mass is 429 g/mol. The largest absolute Gasteiger partial charge is 0.293 e. The van der Waals surface area contributed by atoms with Crippen LogP contribution in [0, 0.1) is 5.82 Å². The molecule has 7 heteroatoms. The number of fused-ring (bicyclic) bond motifs is 3. The first-order chi connectivity index (χ1) is 15.1. The Hall–Kier alpha value is -3.58. The van der Waals surface area contributed by atoms with E-state index in [1.165, 1.54) is 40.9 Å². The van der Waals surface area contributed by atoms with E-state index in [1.54, 1.807) is 0 Å². The summed E-state index contributed by atoms with van der Waals surface area (Å²) >= 11 is 1.18. The van der Waals surface area contributed by atoms with Crippen LogP contribution in [0.1, 0.15) is 27.5 Å². The summed E-state index contributed by atoms with van der Waals surface area (Å²) in [7, 11) is 0. The van der Waals surface area contributed by atoms with Gasteiger partial charge in [-0.05, 0) is 42.0 Å². The maximum absolute atomic E-state index is 13.3. The summed E-state index contributed by atoms with van der Waals surface area (Å²) in [5.41, 5.74) is 2.70. The van der Waals surface area contributed by atoms with Crippen molar-refractivity contribution in [1.82, 2.24) is 4.90 Å². The number of halogens is 1. The van der Waals surface area contributed by atoms with Crippen molar-refractivity contribution in [2.24, 2.45) is 9.98 Å². The average molecular weight is 429 g/mol. The lowest BCUT2D eigenvalue weighted by molar-refractivity contribution is -0.124. The van der Waals surface area contributed by atoms with Crippen molar-refractivity contribution in [1.29, 1.82) is 0 Å². The summed E-state index contributed by atoms with van der Waals surface area (Å²) < 4.78 is 13.1. The minimum absolute atomic E-state index is 0.0691. The van der Waals surface area contributed by atoms with Crippen molar-refractivity contribution >= 4 is 40.1 Å². The van der Waals surface area contributed by atoms with E-state index in [1.807, 2.05) is 54.6 Å². The highest BCUT2D eigenvalue weighted by atomic mass is 32.2. The second-order valence-electron chi connectivity index (χ2n) is 7.07. The molecule has 31 heavy (non-hydrogen) atoms. The number of benzene rings is 3. The van der Waals surface area contributed by atoms with E-state index >= 15 is 0 Å². The third kappa shape index (κ3) is 3.57. The fraction of sp³-hybridized carbons (Fsp3) is 0.0833. The van der Waals surface area contributed by atoms with Gasteiger partial charge in [0, 0.05) is 11.1 Å². The Morgan fingerprint density at radius 3 is 2.45 bits per heavy atom. The molecule has 3 aromatic carbocycles. The number of amidine groups is 2. The second-order valence-corrected chi connectivity index (χ2v) is 8.01. The molecule has 0 N–H and O–H groups in total. The Bertz CT molecular complexity index is 1240. The molecule has 0 bridgehead atoms. The van der Waals surface area contributed by atoms with Crippen LogP contribution in [0.15, 0.2) is 88.8 Å². The zero-order chi connectivity index (χ0) is 21.4. The van der Waals surface area contributed by atoms with Crippen LogP contribution in [0.3, 0.4) is 0 Å². The average Bonchev–Trinajstić information content (AvgIpc) is 3.16. The SMILES string of the molecule is O=C(CSC1=Nc2ccccc2C2=NC(c3ccccc3)C(=O)N12)c1ccc(F)cc1. The van der Waals surface area contributed by atoms with Crippen LogP contribution in [0.5, 0.6) is 0 Å². The zero-order valence-corrected chi connectivity index (χ0v) is 17.1. The Morgan fingerprint density at radius 1 is 0.968 bits per heavy atom. The number of carbonyl (C=O) groups is 2. The van der Waals surface area contributed by atoms with Crippen molar-refractivity contribution in [2.45, 2.75) is 6.04 Å². The van der Waals surface area contributed by atoms with Gasteiger partial charge in [0.05, 0.1) is 11.4 Å². The van der Waals surface area contributed by atoms with Crippen LogP contribution in [0.4, 0.5) is 10.1 Å². The highest BCUT2D eigenvalue weighted by Crippen LogP contribution is 2.37. The molecule has 2 heterocycles. The summed E-state index contributed by atoms with van der Waals surface area (Å²) in [5, 5.41) is 0.413. The Morgan fingerprint density at radius 2 is 1.68 bits per heavy atom. The first-order valence-corrected chi connectivity index (χ1v) is 10.7. The molecule has 3 aromatic rings. The number of rotatable bonds is 4. The molecule has 1 atom stereocenters. The van der Waals surface area contributed by atoms with E-state index in [0.29, 0.717) is 22.3 Å². The number of ketones is 1. The van der Waals surface area contributed by atoms with Crippen LogP contribution in [-0.4, -0.2) is 33.3 Å². The highest BCUT2D eigenvalue weighted by molar-refractivity contribution is 8.14. The quantitative estimate of drug-likeness (QED) is 0.561. The molecule has 1 amide bonds. The molecular formula is C24H16FN3O2S. The van der Waals surface area contributed by atoms with Crippen molar-refractivity contribution in [3.05, 3.63) is 101 Å². The van der Waals surface area contributed by atoms with Crippen molar-refractivity contribution in [3.63, 3.8) is 0 Å². The molecule has 0 radical (unpaired) electrons. The number of hydrogen-bond donors (Lipinski definition) is 0. The van der Waals surface area contributed by atoms with Gasteiger partial charge in [0.2, 0.25) is 0 Å². The summed E-state index contributed by atoms with van der Waals surface area (Å²) in [6.45, 7) is 0. The summed E-state index contributed by atoms with van der Waals surface area (Å²) in [5.74, 6) is -0.152. The smallest absolute Gasteiger partial charge is 0.263 e. The Kier molecular flexibility index (Phi) is 4.95. The minimum atomic E-state index is -0.652. The van der Waals surface area contributed by atoms with Gasteiger partial charge >= 0.3 is 0 Å². The van der Waals surface area contributed by atoms with Crippen LogP contribution in [-0.2, 0) is 4.79 Å². The number of carbonyl (C=O) groups excluding carboxylic acids is 2. The van der Waals surface area contributed by atoms with Gasteiger partial charge in [0.15, 0.2) is 17.0 Å². The topological polar surface area (TPSA) is 62.1 Å². The molecule has 0 spiro atoms. The van der Waals surface area contributed by atoms with E-state index < -0.39 is 11.9 Å². The van der Waals surface area contributed by atoms with Gasteiger partial charge in [0.1, 0.15) is 11.7 Å². The van der Waals surface area contributed by atoms with E-state index in [9.17, 15) is 14.0 Å². The molecule has 5 rings (SSSR count). The molecule has 0 aromatic heterocycles. The van der Waals surface area contributed by atoms with Crippen molar-refractivity contribution in [3.8, 4) is 0 Å². The summed E-state index contributed by atoms with van der Waals surface area (Å²) in [6, 6.07) is 21.7. The zero-order valence-electron chi connectivity index (χ0n) is 16.2. The predicted molar refractivity (Wildman–Crippen MR) is 119 cm³/mol. The van der Waals surface area contributed by atoms with Gasteiger partial charge in [-0.3, -0.25) is 9.59 Å². The molecule has 1 unspecified atom stereocenters. The summed E-state index contributed by atoms with van der Waals surface area (Å²) in [6.07, 6.45) is 0. The predicted octanol–water partition coefficient (Wildman–Crippen LogP) is 4.77. The molecule has 0 fully saturated rings. The third-order valence-electron chi connectivity index (χ3n) is 5.08. The number of aliphatic imine (C=N–C) groups is 2. The standard InChI is InChI=1S/C24H16FN3O2S/c25-17-12-10-15(11-13-17)20(29)14-31-24-26-19-9-5-4-8-18(19)22-27-21(23(30)28(22)24)16-6-2-1-3-7-16/h1-13,21H,14H2. The fourth-order valence-electron chi connectivity index (χ4n) is 3.55. The molecule has 152 valence electrons. The Labute approximate surface area is 182 Å². The first-order valence-electron chi connectivity index (χ1n) is 9.68. The lowest BCUT2D eigenvalue weighted by atomic mass is 10.1. The number of nitrogens with zero attached hydrogens (tertiary/aromatic N) is 3. The van der Waals surface area contributed by atoms with Gasteiger partial charge in [-0.2, -0.15) is 0 Å². The lowest BCUT2D eigenvalue weighted by Gasteiger charge is -2.25. The van der Waals surface area contributed by atoms with Crippen LogP contribution < -0.4 is 0 Å². The van der Waals surface area contributed by atoms with Crippen LogP contribution in [0.2, 0.25) is 0 Å². The second kappa shape index (κ2) is 7.92. The number of para-hydroxylation sites is 1. The van der Waals surface area contributed by atoms with Gasteiger partial charge in [-0.25, -0.2) is 19.3 Å². The maximum atomic E-state index is 13.3. The molecule has 2 aliphatic heterocycles. The number of Topliss-reactive ketones (excluding diaryl/α,β-unsaturated/α-hetero) is 1. The number of thioether (sulfide) groups is 1. The fourth-order valence-corrected chi connectivity index (χ4v) is 4.44. The molecular weight excluding hydrogens is 413 g/mol. The van der Waals surface area contributed by atoms with Crippen LogP contribution in [0.25, 0.3) is 0 Å². The van der Waals surface area contributed by atoms with Crippen molar-refractivity contribution in [2.75, 3.05) is 5.75 Å².